The van der Waals surface area contributed by atoms with E-state index in [4.69, 9.17) is 0 Å². The third-order valence-electron chi connectivity index (χ3n) is 9.48. The van der Waals surface area contributed by atoms with Gasteiger partial charge in [0.05, 0.1) is 0 Å². The minimum atomic E-state index is 0.426. The number of benzene rings is 1. The second kappa shape index (κ2) is 20.3. The summed E-state index contributed by atoms with van der Waals surface area (Å²) < 4.78 is 0. The van der Waals surface area contributed by atoms with E-state index in [1.165, 1.54) is 189 Å². The Balaban J connectivity index is 1.28. The predicted octanol–water partition coefficient (Wildman–Crippen LogP) is 13.3. The summed E-state index contributed by atoms with van der Waals surface area (Å²) in [6.45, 7) is 2.30. The topological polar surface area (TPSA) is 19.9 Å². The molecule has 2 saturated carbocycles. The first-order chi connectivity index (χ1) is 18.8. The molecule has 217 valence electrons. The van der Waals surface area contributed by atoms with E-state index in [1.54, 1.807) is 0 Å². The zero-order valence-corrected chi connectivity index (χ0v) is 26.0. The molecule has 0 aliphatic heterocycles. The number of rotatable bonds is 20. The predicted molar refractivity (Wildman–Crippen MR) is 168 cm³/mol. The van der Waals surface area contributed by atoms with Crippen molar-refractivity contribution in [1.82, 2.24) is 0 Å². The largest absolute Gasteiger partial charge is 0.289 e. The Morgan fingerprint density at radius 3 is 1.32 bits per heavy atom. The Morgan fingerprint density at radius 1 is 0.553 bits per heavy atom. The van der Waals surface area contributed by atoms with E-state index < -0.39 is 0 Å². The van der Waals surface area contributed by atoms with Gasteiger partial charge in [-0.3, -0.25) is 5.11 Å². The van der Waals surface area contributed by atoms with Crippen LogP contribution in [0.25, 0.3) is 0 Å². The van der Waals surface area contributed by atoms with Crippen molar-refractivity contribution in [2.24, 2.45) is 0 Å². The van der Waals surface area contributed by atoms with Crippen LogP contribution >= 0.6 is 11.8 Å². The normalized spacial score (nSPS) is 17.3. The molecule has 0 aromatic heterocycles. The van der Waals surface area contributed by atoms with Gasteiger partial charge in [0.25, 0.3) is 0 Å². The molecule has 0 spiro atoms. The van der Waals surface area contributed by atoms with Crippen molar-refractivity contribution in [1.29, 1.82) is 0 Å². The van der Waals surface area contributed by atoms with Gasteiger partial charge in [-0.1, -0.05) is 142 Å². The van der Waals surface area contributed by atoms with Crippen molar-refractivity contribution in [3.8, 4) is 5.75 Å². The highest BCUT2D eigenvalue weighted by Crippen LogP contribution is 2.46. The number of thioether (sulfide) groups is 1. The lowest BCUT2D eigenvalue weighted by Crippen LogP contribution is -2.09. The highest BCUT2D eigenvalue weighted by atomic mass is 32.2. The van der Waals surface area contributed by atoms with Gasteiger partial charge in [0.15, 0.2) is 5.75 Å². The summed E-state index contributed by atoms with van der Waals surface area (Å²) in [5.74, 6) is 2.69. The Kier molecular flexibility index (Phi) is 17.0. The fourth-order valence-corrected chi connectivity index (χ4v) is 8.01. The first-order valence-corrected chi connectivity index (χ1v) is 18.3. The summed E-state index contributed by atoms with van der Waals surface area (Å²) in [4.78, 5) is 1.40. The van der Waals surface area contributed by atoms with Gasteiger partial charge < -0.3 is 0 Å². The molecule has 2 aliphatic carbocycles. The van der Waals surface area contributed by atoms with Gasteiger partial charge in [0.1, 0.15) is 0 Å². The molecule has 0 unspecified atom stereocenters. The van der Waals surface area contributed by atoms with E-state index in [-0.39, 0.29) is 0 Å². The molecule has 2 aliphatic rings. The molecule has 38 heavy (non-hydrogen) atoms. The van der Waals surface area contributed by atoms with Crippen LogP contribution < -0.4 is 0 Å². The molecular formula is C36H61OS. The first kappa shape index (κ1) is 31.9. The molecule has 0 amide bonds. The molecule has 0 heterocycles. The average molecular weight is 542 g/mol. The standard InChI is InChI=1S/C36H61OS/c1-2-3-4-5-6-7-8-9-10-11-12-13-14-15-16-23-28-38-33-29-34(31-24-19-17-20-25-31)36(37)35(30-33)32-26-21-18-22-27-32/h29-32H,2-28H2,1H3. The van der Waals surface area contributed by atoms with E-state index >= 15 is 0 Å². The molecule has 3 rings (SSSR count). The third-order valence-corrected chi connectivity index (χ3v) is 10.5. The van der Waals surface area contributed by atoms with Crippen molar-refractivity contribution in [3.05, 3.63) is 23.3 Å². The van der Waals surface area contributed by atoms with Crippen LogP contribution in [0.1, 0.15) is 197 Å². The third kappa shape index (κ3) is 12.3. The highest BCUT2D eigenvalue weighted by molar-refractivity contribution is 7.99. The minimum Gasteiger partial charge on any atom is -0.289 e. The molecular weight excluding hydrogens is 480 g/mol. The highest BCUT2D eigenvalue weighted by Gasteiger charge is 2.26. The smallest absolute Gasteiger partial charge is 0.185 e. The zero-order chi connectivity index (χ0) is 26.7. The summed E-state index contributed by atoms with van der Waals surface area (Å²) in [7, 11) is 0. The summed E-state index contributed by atoms with van der Waals surface area (Å²) in [5.41, 5.74) is 2.37. The molecule has 0 N–H and O–H groups in total. The SMILES string of the molecule is CCCCCCCCCCCCCCCCCCSc1cc(C2CCCCC2)c([O])c(C2CCCCC2)c1. The Bertz CT molecular complexity index is 677. The van der Waals surface area contributed by atoms with E-state index in [0.29, 0.717) is 17.6 Å². The number of unbranched alkanes of at least 4 members (excludes halogenated alkanes) is 15. The lowest BCUT2D eigenvalue weighted by Gasteiger charge is -2.27. The molecule has 1 aromatic carbocycles. The van der Waals surface area contributed by atoms with Crippen molar-refractivity contribution >= 4 is 11.8 Å². The van der Waals surface area contributed by atoms with Crippen molar-refractivity contribution in [2.45, 2.75) is 191 Å². The van der Waals surface area contributed by atoms with E-state index in [1.807, 2.05) is 11.8 Å². The second-order valence-corrected chi connectivity index (χ2v) is 13.9. The average Bonchev–Trinajstić information content (AvgIpc) is 2.96. The summed E-state index contributed by atoms with van der Waals surface area (Å²) in [6, 6.07) is 4.64. The maximum Gasteiger partial charge on any atom is 0.185 e. The van der Waals surface area contributed by atoms with E-state index in [0.717, 1.165) is 0 Å². The Hall–Kier alpha value is -0.630. The van der Waals surface area contributed by atoms with Gasteiger partial charge in [0.2, 0.25) is 0 Å². The lowest BCUT2D eigenvalue weighted by molar-refractivity contribution is 0.323. The molecule has 1 aromatic rings. The van der Waals surface area contributed by atoms with Gasteiger partial charge in [-0.2, -0.15) is 0 Å². The summed E-state index contributed by atoms with van der Waals surface area (Å²) >= 11 is 2.03. The maximum atomic E-state index is 13.5. The van der Waals surface area contributed by atoms with Crippen molar-refractivity contribution in [3.63, 3.8) is 0 Å². The van der Waals surface area contributed by atoms with Crippen molar-refractivity contribution in [2.75, 3.05) is 5.75 Å². The van der Waals surface area contributed by atoms with Gasteiger partial charge in [-0.05, 0) is 61.8 Å². The van der Waals surface area contributed by atoms with Crippen LogP contribution in [0.3, 0.4) is 0 Å². The van der Waals surface area contributed by atoms with Crippen LogP contribution in [0.4, 0.5) is 0 Å². The van der Waals surface area contributed by atoms with E-state index in [2.05, 4.69) is 19.1 Å². The van der Waals surface area contributed by atoms with Crippen LogP contribution in [0.5, 0.6) is 5.75 Å². The maximum absolute atomic E-state index is 13.5. The summed E-state index contributed by atoms with van der Waals surface area (Å²) in [6.07, 6.45) is 35.7. The molecule has 2 heteroatoms. The zero-order valence-electron chi connectivity index (χ0n) is 25.2. The van der Waals surface area contributed by atoms with Gasteiger partial charge in [-0.25, -0.2) is 0 Å². The quantitative estimate of drug-likeness (QED) is 0.119. The number of hydrogen-bond acceptors (Lipinski definition) is 1. The first-order valence-electron chi connectivity index (χ1n) is 17.3. The molecule has 0 saturated heterocycles. The van der Waals surface area contributed by atoms with Crippen LogP contribution in [0.15, 0.2) is 17.0 Å². The molecule has 1 nitrogen and oxygen atoms in total. The van der Waals surface area contributed by atoms with Gasteiger partial charge >= 0.3 is 0 Å². The van der Waals surface area contributed by atoms with Crippen LogP contribution in [-0.4, -0.2) is 5.75 Å². The van der Waals surface area contributed by atoms with Crippen LogP contribution in [0, 0.1) is 0 Å². The number of hydrogen-bond donors (Lipinski definition) is 0. The molecule has 1 radical (unpaired) electrons. The molecule has 2 fully saturated rings. The van der Waals surface area contributed by atoms with Crippen molar-refractivity contribution < 1.29 is 5.11 Å². The second-order valence-electron chi connectivity index (χ2n) is 12.8. The monoisotopic (exact) mass is 541 g/mol. The van der Waals surface area contributed by atoms with Gasteiger partial charge in [0, 0.05) is 16.0 Å². The van der Waals surface area contributed by atoms with E-state index in [9.17, 15) is 5.11 Å². The lowest BCUT2D eigenvalue weighted by atomic mass is 9.79. The Labute approximate surface area is 241 Å². The minimum absolute atomic E-state index is 0.426. The fraction of sp³-hybridized carbons (Fsp3) is 0.833. The fourth-order valence-electron chi connectivity index (χ4n) is 7.00. The molecule has 0 atom stereocenters. The summed E-state index contributed by atoms with van der Waals surface area (Å²) in [5, 5.41) is 13.5. The Morgan fingerprint density at radius 2 is 0.921 bits per heavy atom. The van der Waals surface area contributed by atoms with Gasteiger partial charge in [-0.15, -0.1) is 11.8 Å². The van der Waals surface area contributed by atoms with Crippen LogP contribution in [0.2, 0.25) is 0 Å². The molecule has 0 bridgehead atoms. The van der Waals surface area contributed by atoms with Crippen LogP contribution in [-0.2, 0) is 5.11 Å².